The molecule has 2 unspecified atom stereocenters. The van der Waals surface area contributed by atoms with Gasteiger partial charge in [-0.25, -0.2) is 0 Å². The van der Waals surface area contributed by atoms with Crippen molar-refractivity contribution in [1.82, 2.24) is 0 Å². The Kier molecular flexibility index (Phi) is 4.43. The van der Waals surface area contributed by atoms with E-state index in [1.165, 1.54) is 0 Å². The molecule has 0 bridgehead atoms. The first kappa shape index (κ1) is 10.7. The van der Waals surface area contributed by atoms with Gasteiger partial charge in [-0.05, 0) is 19.3 Å². The highest BCUT2D eigenvalue weighted by Crippen LogP contribution is 2.25. The number of hydrogen-bond acceptors (Lipinski definition) is 2. The third-order valence-electron chi connectivity index (χ3n) is 2.80. The lowest BCUT2D eigenvalue weighted by atomic mass is 9.92. The average Bonchev–Trinajstić information content (AvgIpc) is 2.61. The molecule has 2 nitrogen and oxygen atoms in total. The highest BCUT2D eigenvalue weighted by molar-refractivity contribution is 5.81. The summed E-state index contributed by atoms with van der Waals surface area (Å²) in [4.78, 5) is 11.7. The molecule has 76 valence electrons. The molecule has 0 aliphatic carbocycles. The molecule has 2 atom stereocenters. The van der Waals surface area contributed by atoms with Gasteiger partial charge in [-0.3, -0.25) is 4.79 Å². The third kappa shape index (κ3) is 2.80. The highest BCUT2D eigenvalue weighted by Gasteiger charge is 2.31. The number of carbonyl (C=O) groups excluding carboxylic acids is 1. The van der Waals surface area contributed by atoms with E-state index in [0.717, 1.165) is 38.7 Å². The van der Waals surface area contributed by atoms with Crippen LogP contribution in [0.1, 0.15) is 46.0 Å². The van der Waals surface area contributed by atoms with E-state index < -0.39 is 0 Å². The lowest BCUT2D eigenvalue weighted by Crippen LogP contribution is -2.23. The van der Waals surface area contributed by atoms with E-state index >= 15 is 0 Å². The Hall–Kier alpha value is -0.370. The molecule has 1 saturated heterocycles. The average molecular weight is 184 g/mol. The number of unbranched alkanes of at least 4 members (excludes halogenated alkanes) is 1. The predicted molar refractivity (Wildman–Crippen MR) is 52.7 cm³/mol. The van der Waals surface area contributed by atoms with Gasteiger partial charge < -0.3 is 4.74 Å². The van der Waals surface area contributed by atoms with Crippen LogP contribution >= 0.6 is 0 Å². The van der Waals surface area contributed by atoms with Crippen molar-refractivity contribution in [1.29, 1.82) is 0 Å². The fraction of sp³-hybridized carbons (Fsp3) is 0.909. The molecule has 1 aliphatic rings. The summed E-state index contributed by atoms with van der Waals surface area (Å²) in [5.41, 5.74) is 0. The molecule has 0 saturated carbocycles. The van der Waals surface area contributed by atoms with Crippen LogP contribution in [0.5, 0.6) is 0 Å². The van der Waals surface area contributed by atoms with Gasteiger partial charge in [0.1, 0.15) is 5.78 Å². The molecule has 0 N–H and O–H groups in total. The van der Waals surface area contributed by atoms with E-state index in [0.29, 0.717) is 5.78 Å². The Labute approximate surface area is 80.7 Å². The van der Waals surface area contributed by atoms with Crippen LogP contribution in [0.3, 0.4) is 0 Å². The minimum absolute atomic E-state index is 0.205. The molecule has 0 spiro atoms. The molecule has 0 aromatic carbocycles. The maximum atomic E-state index is 11.7. The Balaban J connectivity index is 2.36. The van der Waals surface area contributed by atoms with Crippen molar-refractivity contribution in [2.45, 2.75) is 52.1 Å². The van der Waals surface area contributed by atoms with E-state index in [2.05, 4.69) is 13.8 Å². The SMILES string of the molecule is CCCCC(=O)C1CCOC1CC. The zero-order chi connectivity index (χ0) is 9.68. The molecule has 0 aromatic heterocycles. The number of ketones is 1. The van der Waals surface area contributed by atoms with Gasteiger partial charge in [-0.2, -0.15) is 0 Å². The predicted octanol–water partition coefficient (Wildman–Crippen LogP) is 2.56. The summed E-state index contributed by atoms with van der Waals surface area (Å²) < 4.78 is 5.49. The number of carbonyl (C=O) groups is 1. The van der Waals surface area contributed by atoms with Crippen molar-refractivity contribution < 1.29 is 9.53 Å². The first-order chi connectivity index (χ1) is 6.29. The maximum Gasteiger partial charge on any atom is 0.138 e. The smallest absolute Gasteiger partial charge is 0.138 e. The minimum Gasteiger partial charge on any atom is -0.377 e. The van der Waals surface area contributed by atoms with Crippen molar-refractivity contribution in [2.75, 3.05) is 6.61 Å². The zero-order valence-corrected chi connectivity index (χ0v) is 8.71. The standard InChI is InChI=1S/C11H20O2/c1-3-5-6-10(12)9-7-8-13-11(9)4-2/h9,11H,3-8H2,1-2H3. The van der Waals surface area contributed by atoms with E-state index in [1.807, 2.05) is 0 Å². The lowest BCUT2D eigenvalue weighted by molar-refractivity contribution is -0.124. The van der Waals surface area contributed by atoms with Crippen LogP contribution in [0.25, 0.3) is 0 Å². The Morgan fingerprint density at radius 1 is 1.46 bits per heavy atom. The molecule has 1 fully saturated rings. The van der Waals surface area contributed by atoms with Gasteiger partial charge in [0.05, 0.1) is 6.10 Å². The second-order valence-electron chi connectivity index (χ2n) is 3.78. The fourth-order valence-corrected chi connectivity index (χ4v) is 1.96. The van der Waals surface area contributed by atoms with E-state index in [1.54, 1.807) is 0 Å². The quantitative estimate of drug-likeness (QED) is 0.656. The molecular formula is C11H20O2. The topological polar surface area (TPSA) is 26.3 Å². The van der Waals surface area contributed by atoms with Crippen LogP contribution in [0.4, 0.5) is 0 Å². The zero-order valence-electron chi connectivity index (χ0n) is 8.71. The maximum absolute atomic E-state index is 11.7. The normalized spacial score (nSPS) is 27.8. The largest absolute Gasteiger partial charge is 0.377 e. The summed E-state index contributed by atoms with van der Waals surface area (Å²) in [7, 11) is 0. The summed E-state index contributed by atoms with van der Waals surface area (Å²) >= 11 is 0. The van der Waals surface area contributed by atoms with Gasteiger partial charge in [-0.1, -0.05) is 20.3 Å². The molecule has 2 heteroatoms. The van der Waals surface area contributed by atoms with Crippen molar-refractivity contribution >= 4 is 5.78 Å². The van der Waals surface area contributed by atoms with Crippen LogP contribution < -0.4 is 0 Å². The first-order valence-corrected chi connectivity index (χ1v) is 5.43. The minimum atomic E-state index is 0.205. The van der Waals surface area contributed by atoms with E-state index in [9.17, 15) is 4.79 Å². The summed E-state index contributed by atoms with van der Waals surface area (Å²) in [6.45, 7) is 4.99. The molecule has 13 heavy (non-hydrogen) atoms. The highest BCUT2D eigenvalue weighted by atomic mass is 16.5. The summed E-state index contributed by atoms with van der Waals surface area (Å²) in [6, 6.07) is 0. The van der Waals surface area contributed by atoms with Gasteiger partial charge in [0.25, 0.3) is 0 Å². The van der Waals surface area contributed by atoms with Gasteiger partial charge in [0.2, 0.25) is 0 Å². The molecule has 0 aromatic rings. The fourth-order valence-electron chi connectivity index (χ4n) is 1.96. The van der Waals surface area contributed by atoms with Crippen molar-refractivity contribution in [2.24, 2.45) is 5.92 Å². The van der Waals surface area contributed by atoms with Crippen LogP contribution in [0, 0.1) is 5.92 Å². The number of Topliss-reactive ketones (excluding diaryl/α,β-unsaturated/α-hetero) is 1. The molecular weight excluding hydrogens is 164 g/mol. The van der Waals surface area contributed by atoms with Gasteiger partial charge >= 0.3 is 0 Å². The summed E-state index contributed by atoms with van der Waals surface area (Å²) in [5.74, 6) is 0.628. The summed E-state index contributed by atoms with van der Waals surface area (Å²) in [6.07, 6.45) is 5.02. The van der Waals surface area contributed by atoms with Crippen LogP contribution in [-0.2, 0) is 9.53 Å². The third-order valence-corrected chi connectivity index (χ3v) is 2.80. The van der Waals surface area contributed by atoms with Gasteiger partial charge in [0.15, 0.2) is 0 Å². The molecule has 1 heterocycles. The first-order valence-electron chi connectivity index (χ1n) is 5.43. The number of ether oxygens (including phenoxy) is 1. The van der Waals surface area contributed by atoms with Gasteiger partial charge in [-0.15, -0.1) is 0 Å². The molecule has 1 rings (SSSR count). The Morgan fingerprint density at radius 3 is 2.85 bits per heavy atom. The molecule has 0 radical (unpaired) electrons. The van der Waals surface area contributed by atoms with Crippen molar-refractivity contribution in [3.05, 3.63) is 0 Å². The van der Waals surface area contributed by atoms with E-state index in [4.69, 9.17) is 4.74 Å². The number of hydrogen-bond donors (Lipinski definition) is 0. The number of rotatable bonds is 5. The second-order valence-corrected chi connectivity index (χ2v) is 3.78. The van der Waals surface area contributed by atoms with Crippen LogP contribution in [0.2, 0.25) is 0 Å². The Morgan fingerprint density at radius 2 is 2.23 bits per heavy atom. The summed E-state index contributed by atoms with van der Waals surface area (Å²) in [5, 5.41) is 0. The van der Waals surface area contributed by atoms with Crippen LogP contribution in [-0.4, -0.2) is 18.5 Å². The monoisotopic (exact) mass is 184 g/mol. The Bertz CT molecular complexity index is 165. The van der Waals surface area contributed by atoms with E-state index in [-0.39, 0.29) is 12.0 Å². The van der Waals surface area contributed by atoms with Crippen molar-refractivity contribution in [3.8, 4) is 0 Å². The van der Waals surface area contributed by atoms with Crippen LogP contribution in [0.15, 0.2) is 0 Å². The van der Waals surface area contributed by atoms with Crippen molar-refractivity contribution in [3.63, 3.8) is 0 Å². The lowest BCUT2D eigenvalue weighted by Gasteiger charge is -2.14. The molecule has 0 amide bonds. The molecule has 1 aliphatic heterocycles. The second kappa shape index (κ2) is 5.38. The van der Waals surface area contributed by atoms with Gasteiger partial charge in [0, 0.05) is 18.9 Å².